The summed E-state index contributed by atoms with van der Waals surface area (Å²) in [5.41, 5.74) is 1.11. The van der Waals surface area contributed by atoms with Crippen molar-refractivity contribution >= 4 is 35.3 Å². The Balaban J connectivity index is 1.27. The van der Waals surface area contributed by atoms with Crippen molar-refractivity contribution in [3.8, 4) is 0 Å². The zero-order chi connectivity index (χ0) is 27.1. The predicted octanol–water partition coefficient (Wildman–Crippen LogP) is 1.97. The molecule has 0 unspecified atom stereocenters. The number of cyclic esters (lactones) is 1. The van der Waals surface area contributed by atoms with Gasteiger partial charge in [-0.05, 0) is 43.7 Å². The van der Waals surface area contributed by atoms with Crippen LogP contribution < -0.4 is 15.1 Å². The lowest BCUT2D eigenvalue weighted by atomic mass is 10.1. The fourth-order valence-corrected chi connectivity index (χ4v) is 4.38. The summed E-state index contributed by atoms with van der Waals surface area (Å²) in [4.78, 5) is 57.2. The monoisotopic (exact) mass is 527 g/mol. The van der Waals surface area contributed by atoms with Gasteiger partial charge in [0, 0.05) is 45.0 Å². The van der Waals surface area contributed by atoms with Crippen LogP contribution >= 0.6 is 0 Å². The lowest BCUT2D eigenvalue weighted by molar-refractivity contribution is -0.143. The zero-order valence-corrected chi connectivity index (χ0v) is 21.1. The van der Waals surface area contributed by atoms with E-state index in [2.05, 4.69) is 10.3 Å². The molecule has 2 fully saturated rings. The molecular weight excluding hydrogens is 497 g/mol. The first-order chi connectivity index (χ1) is 18.4. The lowest BCUT2D eigenvalue weighted by Crippen LogP contribution is -2.51. The van der Waals surface area contributed by atoms with E-state index in [0.717, 1.165) is 0 Å². The van der Waals surface area contributed by atoms with Crippen LogP contribution in [0.4, 0.5) is 20.6 Å². The molecule has 3 heterocycles. The van der Waals surface area contributed by atoms with Gasteiger partial charge in [0.2, 0.25) is 5.91 Å². The molecule has 1 N–H and O–H groups in total. The van der Waals surface area contributed by atoms with Crippen molar-refractivity contribution in [3.63, 3.8) is 0 Å². The summed E-state index contributed by atoms with van der Waals surface area (Å²) in [6.45, 7) is 3.68. The molecular formula is C26H30FN5O6. The maximum absolute atomic E-state index is 15.1. The first kappa shape index (κ1) is 26.8. The third kappa shape index (κ3) is 6.55. The third-order valence-electron chi connectivity index (χ3n) is 6.39. The van der Waals surface area contributed by atoms with Gasteiger partial charge in [0.05, 0.1) is 36.6 Å². The summed E-state index contributed by atoms with van der Waals surface area (Å²) in [7, 11) is 0. The minimum absolute atomic E-state index is 0.135. The molecule has 4 rings (SSSR count). The lowest BCUT2D eigenvalue weighted by Gasteiger charge is -2.36. The van der Waals surface area contributed by atoms with Gasteiger partial charge < -0.3 is 24.6 Å². The standard InChI is InChI=1S/C26H30FN5O6/c1-2-37-24(34)8-6-20-17-32(26(36)38-20)19-5-7-22(21(27)14-19)30-10-12-31(13-11-30)23(33)16-29-25(35)18-4-3-9-28-15-18/h3-5,7,9,14-15,20H,2,6,8,10-13,16-17H2,1H3,(H,29,35)/t20-/m0/s1. The number of aromatic nitrogens is 1. The number of piperazine rings is 1. The molecule has 2 aliphatic rings. The molecule has 0 bridgehead atoms. The molecule has 1 aromatic carbocycles. The molecule has 3 amide bonds. The van der Waals surface area contributed by atoms with E-state index in [1.54, 1.807) is 42.3 Å². The van der Waals surface area contributed by atoms with Crippen LogP contribution in [0.25, 0.3) is 0 Å². The Kier molecular flexibility index (Phi) is 8.72. The molecule has 1 aromatic heterocycles. The van der Waals surface area contributed by atoms with Crippen LogP contribution in [0.3, 0.4) is 0 Å². The topological polar surface area (TPSA) is 121 Å². The van der Waals surface area contributed by atoms with E-state index in [4.69, 9.17) is 9.47 Å². The van der Waals surface area contributed by atoms with E-state index in [-0.39, 0.29) is 43.9 Å². The molecule has 2 aromatic rings. The van der Waals surface area contributed by atoms with Crippen molar-refractivity contribution in [2.24, 2.45) is 0 Å². The highest BCUT2D eigenvalue weighted by Crippen LogP contribution is 2.29. The van der Waals surface area contributed by atoms with E-state index in [1.807, 2.05) is 4.90 Å². The third-order valence-corrected chi connectivity index (χ3v) is 6.39. The van der Waals surface area contributed by atoms with Crippen molar-refractivity contribution in [1.29, 1.82) is 0 Å². The Morgan fingerprint density at radius 3 is 2.66 bits per heavy atom. The van der Waals surface area contributed by atoms with E-state index in [9.17, 15) is 19.2 Å². The van der Waals surface area contributed by atoms with Gasteiger partial charge in [-0.2, -0.15) is 0 Å². The first-order valence-corrected chi connectivity index (χ1v) is 12.5. The minimum Gasteiger partial charge on any atom is -0.466 e. The SMILES string of the molecule is CCOC(=O)CC[C@H]1CN(c2ccc(N3CCN(C(=O)CNC(=O)c4cccnc4)CC3)c(F)c2)C(=O)O1. The first-order valence-electron chi connectivity index (χ1n) is 12.5. The number of esters is 1. The molecule has 202 valence electrons. The van der Waals surface area contributed by atoms with Crippen molar-refractivity contribution in [2.45, 2.75) is 25.9 Å². The number of nitrogens with one attached hydrogen (secondary N) is 1. The largest absolute Gasteiger partial charge is 0.466 e. The van der Waals surface area contributed by atoms with Gasteiger partial charge in [-0.3, -0.25) is 24.3 Å². The second-order valence-electron chi connectivity index (χ2n) is 8.89. The minimum atomic E-state index is -0.589. The number of benzene rings is 1. The Morgan fingerprint density at radius 2 is 1.97 bits per heavy atom. The second kappa shape index (κ2) is 12.3. The highest BCUT2D eigenvalue weighted by atomic mass is 19.1. The Hall–Kier alpha value is -4.22. The molecule has 11 nitrogen and oxygen atoms in total. The summed E-state index contributed by atoms with van der Waals surface area (Å²) in [6.07, 6.45) is 2.39. The molecule has 2 aliphatic heterocycles. The van der Waals surface area contributed by atoms with E-state index in [1.165, 1.54) is 17.2 Å². The quantitative estimate of drug-likeness (QED) is 0.492. The van der Waals surface area contributed by atoms with Crippen LogP contribution in [0, 0.1) is 5.82 Å². The van der Waals surface area contributed by atoms with E-state index < -0.39 is 18.0 Å². The number of nitrogens with zero attached hydrogens (tertiary/aromatic N) is 4. The number of carbonyl (C=O) groups excluding carboxylic acids is 4. The smallest absolute Gasteiger partial charge is 0.414 e. The number of amides is 3. The summed E-state index contributed by atoms with van der Waals surface area (Å²) < 4.78 is 25.3. The normalized spacial score (nSPS) is 17.3. The van der Waals surface area contributed by atoms with Gasteiger partial charge in [0.1, 0.15) is 11.9 Å². The van der Waals surface area contributed by atoms with Gasteiger partial charge in [-0.1, -0.05) is 0 Å². The van der Waals surface area contributed by atoms with Crippen LogP contribution in [0.5, 0.6) is 0 Å². The number of ether oxygens (including phenoxy) is 2. The highest BCUT2D eigenvalue weighted by Gasteiger charge is 2.33. The molecule has 0 spiro atoms. The number of pyridine rings is 1. The molecule has 0 radical (unpaired) electrons. The van der Waals surface area contributed by atoms with Crippen molar-refractivity contribution in [2.75, 3.05) is 55.7 Å². The maximum Gasteiger partial charge on any atom is 0.414 e. The zero-order valence-electron chi connectivity index (χ0n) is 21.1. The van der Waals surface area contributed by atoms with Gasteiger partial charge >= 0.3 is 12.1 Å². The average Bonchev–Trinajstić information content (AvgIpc) is 3.31. The van der Waals surface area contributed by atoms with Gasteiger partial charge in [0.15, 0.2) is 0 Å². The Morgan fingerprint density at radius 1 is 1.18 bits per heavy atom. The van der Waals surface area contributed by atoms with Crippen LogP contribution in [0.2, 0.25) is 0 Å². The Labute approximate surface area is 219 Å². The van der Waals surface area contributed by atoms with Gasteiger partial charge in [-0.25, -0.2) is 9.18 Å². The average molecular weight is 528 g/mol. The molecule has 38 heavy (non-hydrogen) atoms. The summed E-state index contributed by atoms with van der Waals surface area (Å²) in [5.74, 6) is -1.44. The van der Waals surface area contributed by atoms with Gasteiger partial charge in [0.25, 0.3) is 5.91 Å². The van der Waals surface area contributed by atoms with Crippen LogP contribution in [-0.2, 0) is 19.1 Å². The maximum atomic E-state index is 15.1. The molecule has 2 saturated heterocycles. The highest BCUT2D eigenvalue weighted by molar-refractivity contribution is 5.96. The number of carbonyl (C=O) groups is 4. The van der Waals surface area contributed by atoms with Gasteiger partial charge in [-0.15, -0.1) is 0 Å². The van der Waals surface area contributed by atoms with Crippen molar-refractivity contribution in [3.05, 3.63) is 54.1 Å². The van der Waals surface area contributed by atoms with Crippen molar-refractivity contribution < 1.29 is 33.0 Å². The summed E-state index contributed by atoms with van der Waals surface area (Å²) in [5, 5.41) is 2.60. The van der Waals surface area contributed by atoms with E-state index in [0.29, 0.717) is 49.5 Å². The van der Waals surface area contributed by atoms with Crippen molar-refractivity contribution in [1.82, 2.24) is 15.2 Å². The van der Waals surface area contributed by atoms with Crippen LogP contribution in [0.15, 0.2) is 42.7 Å². The summed E-state index contributed by atoms with van der Waals surface area (Å²) >= 11 is 0. The molecule has 12 heteroatoms. The number of hydrogen-bond acceptors (Lipinski definition) is 8. The molecule has 1 atom stereocenters. The molecule has 0 aliphatic carbocycles. The second-order valence-corrected chi connectivity index (χ2v) is 8.89. The fraction of sp³-hybridized carbons (Fsp3) is 0.423. The summed E-state index contributed by atoms with van der Waals surface area (Å²) in [6, 6.07) is 7.80. The molecule has 0 saturated carbocycles. The predicted molar refractivity (Wildman–Crippen MR) is 135 cm³/mol. The van der Waals surface area contributed by atoms with Crippen LogP contribution in [-0.4, -0.2) is 85.7 Å². The Bertz CT molecular complexity index is 1170. The number of rotatable bonds is 9. The number of anilines is 2. The fourth-order valence-electron chi connectivity index (χ4n) is 4.38. The number of hydrogen-bond donors (Lipinski definition) is 1. The van der Waals surface area contributed by atoms with E-state index >= 15 is 4.39 Å². The number of halogens is 1. The van der Waals surface area contributed by atoms with Crippen LogP contribution in [0.1, 0.15) is 30.1 Å².